The summed E-state index contributed by atoms with van der Waals surface area (Å²) in [5.41, 5.74) is 1.60. The maximum Gasteiger partial charge on any atom is 0.276 e. The Balaban J connectivity index is 2.03. The lowest BCUT2D eigenvalue weighted by atomic mass is 10.2. The molecule has 1 N–H and O–H groups in total. The highest BCUT2D eigenvalue weighted by Crippen LogP contribution is 2.13. The average molecular weight is 330 g/mol. The second-order valence-electron chi connectivity index (χ2n) is 5.36. The van der Waals surface area contributed by atoms with Crippen molar-refractivity contribution in [3.05, 3.63) is 46.9 Å². The minimum absolute atomic E-state index is 0.110. The van der Waals surface area contributed by atoms with Gasteiger partial charge in [0.05, 0.1) is 12.1 Å². The number of hydrogen-bond donors (Lipinski definition) is 1. The number of aryl methyl sites for hydroxylation is 2. The SMILES string of the molecule is CCN(CC)C(=O)c1nc(CNC(=O)c2ccc(C)nc2)oc1C. The third-order valence-corrected chi connectivity index (χ3v) is 3.67. The first-order valence-corrected chi connectivity index (χ1v) is 7.92. The minimum Gasteiger partial charge on any atom is -0.443 e. The van der Waals surface area contributed by atoms with Crippen LogP contribution in [-0.4, -0.2) is 39.8 Å². The van der Waals surface area contributed by atoms with E-state index in [9.17, 15) is 9.59 Å². The van der Waals surface area contributed by atoms with Gasteiger partial charge in [0.15, 0.2) is 5.69 Å². The van der Waals surface area contributed by atoms with E-state index in [1.807, 2.05) is 20.8 Å². The third kappa shape index (κ3) is 3.98. The zero-order chi connectivity index (χ0) is 17.7. The lowest BCUT2D eigenvalue weighted by molar-refractivity contribution is 0.0766. The number of hydrogen-bond acceptors (Lipinski definition) is 5. The second kappa shape index (κ2) is 7.72. The molecule has 0 spiro atoms. The van der Waals surface area contributed by atoms with E-state index in [4.69, 9.17) is 4.42 Å². The summed E-state index contributed by atoms with van der Waals surface area (Å²) in [6.07, 6.45) is 1.51. The van der Waals surface area contributed by atoms with Gasteiger partial charge < -0.3 is 14.6 Å². The molecular formula is C17H22N4O3. The summed E-state index contributed by atoms with van der Waals surface area (Å²) < 4.78 is 5.49. The maximum atomic E-state index is 12.3. The van der Waals surface area contributed by atoms with Gasteiger partial charge in [-0.1, -0.05) is 0 Å². The van der Waals surface area contributed by atoms with Crippen LogP contribution in [-0.2, 0) is 6.54 Å². The number of carbonyl (C=O) groups is 2. The predicted octanol–water partition coefficient (Wildman–Crippen LogP) is 2.10. The number of aromatic nitrogens is 2. The van der Waals surface area contributed by atoms with E-state index < -0.39 is 0 Å². The first kappa shape index (κ1) is 17.7. The Morgan fingerprint density at radius 2 is 1.92 bits per heavy atom. The smallest absolute Gasteiger partial charge is 0.276 e. The summed E-state index contributed by atoms with van der Waals surface area (Å²) in [5, 5.41) is 2.71. The van der Waals surface area contributed by atoms with Gasteiger partial charge in [-0.2, -0.15) is 0 Å². The molecule has 0 unspecified atom stereocenters. The van der Waals surface area contributed by atoms with Crippen molar-refractivity contribution in [2.75, 3.05) is 13.1 Å². The quantitative estimate of drug-likeness (QED) is 0.876. The molecule has 24 heavy (non-hydrogen) atoms. The number of nitrogens with one attached hydrogen (secondary N) is 1. The molecule has 0 aromatic carbocycles. The average Bonchev–Trinajstić information content (AvgIpc) is 2.95. The third-order valence-electron chi connectivity index (χ3n) is 3.67. The number of carbonyl (C=O) groups excluding carboxylic acids is 2. The zero-order valence-corrected chi connectivity index (χ0v) is 14.4. The molecule has 0 radical (unpaired) electrons. The molecule has 0 bridgehead atoms. The fraction of sp³-hybridized carbons (Fsp3) is 0.412. The van der Waals surface area contributed by atoms with Gasteiger partial charge in [0.25, 0.3) is 11.8 Å². The van der Waals surface area contributed by atoms with Gasteiger partial charge in [0.2, 0.25) is 5.89 Å². The molecule has 0 aliphatic rings. The van der Waals surface area contributed by atoms with Crippen LogP contribution < -0.4 is 5.32 Å². The highest BCUT2D eigenvalue weighted by atomic mass is 16.4. The largest absolute Gasteiger partial charge is 0.443 e. The van der Waals surface area contributed by atoms with Crippen LogP contribution in [0.5, 0.6) is 0 Å². The summed E-state index contributed by atoms with van der Waals surface area (Å²) in [7, 11) is 0. The number of amides is 2. The van der Waals surface area contributed by atoms with Crippen molar-refractivity contribution in [2.24, 2.45) is 0 Å². The molecule has 128 valence electrons. The van der Waals surface area contributed by atoms with Crippen LogP contribution >= 0.6 is 0 Å². The van der Waals surface area contributed by atoms with E-state index in [-0.39, 0.29) is 18.4 Å². The van der Waals surface area contributed by atoms with Gasteiger partial charge in [-0.05, 0) is 39.8 Å². The fourth-order valence-corrected chi connectivity index (χ4v) is 2.25. The normalized spacial score (nSPS) is 10.5. The molecule has 0 saturated carbocycles. The topological polar surface area (TPSA) is 88.3 Å². The molecule has 7 nitrogen and oxygen atoms in total. The van der Waals surface area contributed by atoms with E-state index in [0.29, 0.717) is 36.0 Å². The van der Waals surface area contributed by atoms with Gasteiger partial charge in [-0.3, -0.25) is 14.6 Å². The molecule has 2 heterocycles. The Morgan fingerprint density at radius 1 is 1.21 bits per heavy atom. The molecule has 2 aromatic heterocycles. The highest BCUT2D eigenvalue weighted by molar-refractivity contribution is 5.94. The van der Waals surface area contributed by atoms with Crippen LogP contribution in [0.25, 0.3) is 0 Å². The summed E-state index contributed by atoms with van der Waals surface area (Å²) in [4.78, 5) is 34.4. The molecule has 0 aliphatic heterocycles. The van der Waals surface area contributed by atoms with E-state index >= 15 is 0 Å². The van der Waals surface area contributed by atoms with Crippen LogP contribution in [0.2, 0.25) is 0 Å². The second-order valence-corrected chi connectivity index (χ2v) is 5.36. The molecule has 2 amide bonds. The summed E-state index contributed by atoms with van der Waals surface area (Å²) in [6, 6.07) is 3.47. The lowest BCUT2D eigenvalue weighted by Crippen LogP contribution is -2.31. The Bertz CT molecular complexity index is 718. The van der Waals surface area contributed by atoms with Crippen molar-refractivity contribution in [3.63, 3.8) is 0 Å². The number of nitrogens with zero attached hydrogens (tertiary/aromatic N) is 3. The van der Waals surface area contributed by atoms with Crippen molar-refractivity contribution < 1.29 is 14.0 Å². The first-order chi connectivity index (χ1) is 11.5. The van der Waals surface area contributed by atoms with E-state index in [1.54, 1.807) is 24.0 Å². The molecule has 0 fully saturated rings. The van der Waals surface area contributed by atoms with Crippen molar-refractivity contribution in [2.45, 2.75) is 34.2 Å². The predicted molar refractivity (Wildman–Crippen MR) is 88.6 cm³/mol. The van der Waals surface area contributed by atoms with Gasteiger partial charge in [0, 0.05) is 25.0 Å². The van der Waals surface area contributed by atoms with E-state index in [0.717, 1.165) is 5.69 Å². The Hall–Kier alpha value is -2.70. The molecular weight excluding hydrogens is 308 g/mol. The fourth-order valence-electron chi connectivity index (χ4n) is 2.25. The van der Waals surface area contributed by atoms with Gasteiger partial charge >= 0.3 is 0 Å². The summed E-state index contributed by atoms with van der Waals surface area (Å²) in [6.45, 7) is 8.69. The molecule has 2 rings (SSSR count). The Kier molecular flexibility index (Phi) is 5.68. The molecule has 0 saturated heterocycles. The maximum absolute atomic E-state index is 12.3. The number of rotatable bonds is 6. The molecule has 0 atom stereocenters. The molecule has 7 heteroatoms. The van der Waals surface area contributed by atoms with Crippen LogP contribution in [0.15, 0.2) is 22.7 Å². The van der Waals surface area contributed by atoms with E-state index in [1.165, 1.54) is 6.20 Å². The van der Waals surface area contributed by atoms with Crippen molar-refractivity contribution in [3.8, 4) is 0 Å². The van der Waals surface area contributed by atoms with Crippen molar-refractivity contribution >= 4 is 11.8 Å². The van der Waals surface area contributed by atoms with Crippen molar-refractivity contribution in [1.29, 1.82) is 0 Å². The molecule has 0 aliphatic carbocycles. The monoisotopic (exact) mass is 330 g/mol. The summed E-state index contributed by atoms with van der Waals surface area (Å²) in [5.74, 6) is 0.320. The number of oxazole rings is 1. The van der Waals surface area contributed by atoms with E-state index in [2.05, 4.69) is 15.3 Å². The molecule has 2 aromatic rings. The van der Waals surface area contributed by atoms with Crippen molar-refractivity contribution in [1.82, 2.24) is 20.2 Å². The van der Waals surface area contributed by atoms with Crippen LogP contribution in [0.3, 0.4) is 0 Å². The van der Waals surface area contributed by atoms with Gasteiger partial charge in [-0.25, -0.2) is 4.98 Å². The zero-order valence-electron chi connectivity index (χ0n) is 14.4. The number of pyridine rings is 1. The van der Waals surface area contributed by atoms with Crippen LogP contribution in [0.1, 0.15) is 52.0 Å². The van der Waals surface area contributed by atoms with Gasteiger partial charge in [0.1, 0.15) is 5.76 Å². The standard InChI is InChI=1S/C17H22N4O3/c1-5-21(6-2)17(23)15-12(4)24-14(20-15)10-19-16(22)13-8-7-11(3)18-9-13/h7-9H,5-6,10H2,1-4H3,(H,19,22). The summed E-state index contributed by atoms with van der Waals surface area (Å²) >= 11 is 0. The van der Waals surface area contributed by atoms with Crippen LogP contribution in [0.4, 0.5) is 0 Å². The van der Waals surface area contributed by atoms with Crippen LogP contribution in [0, 0.1) is 13.8 Å². The Labute approximate surface area is 141 Å². The minimum atomic E-state index is -0.269. The highest BCUT2D eigenvalue weighted by Gasteiger charge is 2.21. The lowest BCUT2D eigenvalue weighted by Gasteiger charge is -2.16. The Morgan fingerprint density at radius 3 is 2.50 bits per heavy atom. The first-order valence-electron chi connectivity index (χ1n) is 7.92. The van der Waals surface area contributed by atoms with Gasteiger partial charge in [-0.15, -0.1) is 0 Å².